The fourth-order valence-corrected chi connectivity index (χ4v) is 2.90. The van der Waals surface area contributed by atoms with Gasteiger partial charge in [0.25, 0.3) is 0 Å². The van der Waals surface area contributed by atoms with Gasteiger partial charge in [-0.05, 0) is 31.9 Å². The summed E-state index contributed by atoms with van der Waals surface area (Å²) in [5, 5.41) is 0. The number of para-hydroxylation sites is 1. The SMILES string of the molecule is CCCCCC(C)n1c(CCl)nc2c(C)cccc21. The molecule has 1 heterocycles. The fraction of sp³-hybridized carbons (Fsp3) is 0.562. The number of aromatic nitrogens is 2. The molecule has 0 N–H and O–H groups in total. The van der Waals surface area contributed by atoms with Crippen molar-refractivity contribution < 1.29 is 0 Å². The lowest BCUT2D eigenvalue weighted by Crippen LogP contribution is -2.08. The van der Waals surface area contributed by atoms with E-state index in [-0.39, 0.29) is 0 Å². The summed E-state index contributed by atoms with van der Waals surface area (Å²) < 4.78 is 2.32. The molecule has 0 radical (unpaired) electrons. The molecule has 0 aliphatic rings. The van der Waals surface area contributed by atoms with Crippen molar-refractivity contribution in [2.45, 2.75) is 58.4 Å². The highest BCUT2D eigenvalue weighted by atomic mass is 35.5. The van der Waals surface area contributed by atoms with Gasteiger partial charge in [-0.3, -0.25) is 0 Å². The van der Waals surface area contributed by atoms with Crippen LogP contribution in [-0.4, -0.2) is 9.55 Å². The molecule has 0 spiro atoms. The van der Waals surface area contributed by atoms with Gasteiger partial charge in [0.15, 0.2) is 0 Å². The zero-order valence-electron chi connectivity index (χ0n) is 12.1. The summed E-state index contributed by atoms with van der Waals surface area (Å²) in [6.45, 7) is 6.62. The van der Waals surface area contributed by atoms with E-state index in [1.807, 2.05) is 0 Å². The summed E-state index contributed by atoms with van der Waals surface area (Å²) >= 11 is 6.08. The van der Waals surface area contributed by atoms with E-state index in [2.05, 4.69) is 43.5 Å². The maximum absolute atomic E-state index is 6.08. The molecule has 0 fully saturated rings. The normalized spacial score (nSPS) is 13.1. The molecule has 1 atom stereocenters. The van der Waals surface area contributed by atoms with Crippen molar-refractivity contribution in [3.05, 3.63) is 29.6 Å². The van der Waals surface area contributed by atoms with Crippen molar-refractivity contribution in [2.24, 2.45) is 0 Å². The van der Waals surface area contributed by atoms with Crippen LogP contribution in [0.25, 0.3) is 11.0 Å². The molecule has 2 aromatic rings. The van der Waals surface area contributed by atoms with E-state index in [9.17, 15) is 0 Å². The Balaban J connectivity index is 2.37. The molecule has 1 aromatic heterocycles. The number of hydrogen-bond donors (Lipinski definition) is 0. The van der Waals surface area contributed by atoms with Gasteiger partial charge < -0.3 is 4.57 Å². The van der Waals surface area contributed by atoms with Crippen LogP contribution in [0, 0.1) is 6.92 Å². The van der Waals surface area contributed by atoms with Gasteiger partial charge in [-0.15, -0.1) is 11.6 Å². The summed E-state index contributed by atoms with van der Waals surface area (Å²) in [5.74, 6) is 1.47. The van der Waals surface area contributed by atoms with E-state index < -0.39 is 0 Å². The van der Waals surface area contributed by atoms with Crippen LogP contribution in [0.15, 0.2) is 18.2 Å². The Labute approximate surface area is 120 Å². The van der Waals surface area contributed by atoms with Crippen molar-refractivity contribution in [1.82, 2.24) is 9.55 Å². The molecule has 0 aliphatic carbocycles. The molecular formula is C16H23ClN2. The third-order valence-corrected chi connectivity index (χ3v) is 4.02. The second-order valence-electron chi connectivity index (χ2n) is 5.32. The molecule has 0 saturated carbocycles. The first-order valence-electron chi connectivity index (χ1n) is 7.21. The zero-order valence-corrected chi connectivity index (χ0v) is 12.9. The molecule has 2 rings (SSSR count). The fourth-order valence-electron chi connectivity index (χ4n) is 2.71. The molecule has 3 heteroatoms. The second kappa shape index (κ2) is 6.42. The molecule has 2 nitrogen and oxygen atoms in total. The predicted octanol–water partition coefficient (Wildman–Crippen LogP) is 5.22. The monoisotopic (exact) mass is 278 g/mol. The summed E-state index contributed by atoms with van der Waals surface area (Å²) in [6.07, 6.45) is 5.02. The standard InChI is InChI=1S/C16H23ClN2/c1-4-5-6-9-13(3)19-14-10-7-8-12(2)16(14)18-15(19)11-17/h7-8,10,13H,4-6,9,11H2,1-3H3. The van der Waals surface area contributed by atoms with Gasteiger partial charge >= 0.3 is 0 Å². The number of alkyl halides is 1. The maximum atomic E-state index is 6.08. The molecule has 0 bridgehead atoms. The minimum absolute atomic E-state index is 0.465. The first-order chi connectivity index (χ1) is 9.19. The quantitative estimate of drug-likeness (QED) is 0.523. The number of halogens is 1. The van der Waals surface area contributed by atoms with Crippen LogP contribution < -0.4 is 0 Å². The summed E-state index contributed by atoms with van der Waals surface area (Å²) in [6, 6.07) is 6.83. The third-order valence-electron chi connectivity index (χ3n) is 3.78. The Morgan fingerprint density at radius 2 is 2.11 bits per heavy atom. The van der Waals surface area contributed by atoms with E-state index in [0.29, 0.717) is 11.9 Å². The van der Waals surface area contributed by atoms with Gasteiger partial charge in [0, 0.05) is 6.04 Å². The maximum Gasteiger partial charge on any atom is 0.125 e. The number of unbranched alkanes of at least 4 members (excludes halogenated alkanes) is 2. The average Bonchev–Trinajstić information content (AvgIpc) is 2.79. The predicted molar refractivity (Wildman–Crippen MR) is 82.9 cm³/mol. The molecule has 104 valence electrons. The average molecular weight is 279 g/mol. The smallest absolute Gasteiger partial charge is 0.125 e. The highest BCUT2D eigenvalue weighted by Crippen LogP contribution is 2.27. The molecule has 1 unspecified atom stereocenters. The Morgan fingerprint density at radius 3 is 2.79 bits per heavy atom. The van der Waals surface area contributed by atoms with Crippen molar-refractivity contribution in [3.63, 3.8) is 0 Å². The van der Waals surface area contributed by atoms with Crippen LogP contribution in [-0.2, 0) is 5.88 Å². The Hall–Kier alpha value is -1.02. The van der Waals surface area contributed by atoms with Gasteiger partial charge in [0.1, 0.15) is 5.82 Å². The van der Waals surface area contributed by atoms with Gasteiger partial charge in [0.2, 0.25) is 0 Å². The van der Waals surface area contributed by atoms with Crippen LogP contribution in [0.4, 0.5) is 0 Å². The highest BCUT2D eigenvalue weighted by Gasteiger charge is 2.15. The van der Waals surface area contributed by atoms with Crippen LogP contribution in [0.2, 0.25) is 0 Å². The first kappa shape index (κ1) is 14.4. The summed E-state index contributed by atoms with van der Waals surface area (Å²) in [7, 11) is 0. The van der Waals surface area contributed by atoms with Gasteiger partial charge in [-0.1, -0.05) is 38.3 Å². The van der Waals surface area contributed by atoms with Crippen molar-refractivity contribution in [3.8, 4) is 0 Å². The molecule has 0 amide bonds. The van der Waals surface area contributed by atoms with E-state index >= 15 is 0 Å². The van der Waals surface area contributed by atoms with Crippen molar-refractivity contribution in [2.75, 3.05) is 0 Å². The minimum Gasteiger partial charge on any atom is -0.324 e. The number of imidazole rings is 1. The first-order valence-corrected chi connectivity index (χ1v) is 7.74. The van der Waals surface area contributed by atoms with Gasteiger partial charge in [-0.25, -0.2) is 4.98 Å². The molecule has 1 aromatic carbocycles. The zero-order chi connectivity index (χ0) is 13.8. The molecular weight excluding hydrogens is 256 g/mol. The number of nitrogens with zero attached hydrogens (tertiary/aromatic N) is 2. The number of hydrogen-bond acceptors (Lipinski definition) is 1. The van der Waals surface area contributed by atoms with E-state index in [0.717, 1.165) is 11.3 Å². The Bertz CT molecular complexity index is 545. The molecule has 0 aliphatic heterocycles. The van der Waals surface area contributed by atoms with Crippen molar-refractivity contribution in [1.29, 1.82) is 0 Å². The lowest BCUT2D eigenvalue weighted by atomic mass is 10.1. The largest absolute Gasteiger partial charge is 0.324 e. The van der Waals surface area contributed by atoms with E-state index in [1.165, 1.54) is 36.8 Å². The topological polar surface area (TPSA) is 17.8 Å². The molecule has 19 heavy (non-hydrogen) atoms. The van der Waals surface area contributed by atoms with Crippen molar-refractivity contribution >= 4 is 22.6 Å². The minimum atomic E-state index is 0.465. The number of aryl methyl sites for hydroxylation is 1. The molecule has 0 saturated heterocycles. The second-order valence-corrected chi connectivity index (χ2v) is 5.59. The highest BCUT2D eigenvalue weighted by molar-refractivity contribution is 6.16. The summed E-state index contributed by atoms with van der Waals surface area (Å²) in [5.41, 5.74) is 3.54. The van der Waals surface area contributed by atoms with E-state index in [1.54, 1.807) is 0 Å². The third kappa shape index (κ3) is 2.94. The lowest BCUT2D eigenvalue weighted by molar-refractivity contribution is 0.477. The van der Waals surface area contributed by atoms with Crippen LogP contribution >= 0.6 is 11.6 Å². The van der Waals surface area contributed by atoms with Crippen LogP contribution in [0.5, 0.6) is 0 Å². The summed E-state index contributed by atoms with van der Waals surface area (Å²) in [4.78, 5) is 4.71. The lowest BCUT2D eigenvalue weighted by Gasteiger charge is -2.17. The van der Waals surface area contributed by atoms with Crippen LogP contribution in [0.3, 0.4) is 0 Å². The van der Waals surface area contributed by atoms with E-state index in [4.69, 9.17) is 16.6 Å². The number of rotatable bonds is 6. The van der Waals surface area contributed by atoms with Gasteiger partial charge in [-0.2, -0.15) is 0 Å². The number of fused-ring (bicyclic) bond motifs is 1. The number of benzene rings is 1. The Morgan fingerprint density at radius 1 is 1.32 bits per heavy atom. The van der Waals surface area contributed by atoms with Crippen LogP contribution in [0.1, 0.15) is 57.0 Å². The van der Waals surface area contributed by atoms with Gasteiger partial charge in [0.05, 0.1) is 16.9 Å². The Kier molecular flexibility index (Phi) is 4.87.